The second-order valence-electron chi connectivity index (χ2n) is 16.8. The number of nitrogens with zero attached hydrogens (tertiary/aromatic N) is 2. The molecule has 2 saturated heterocycles. The minimum Gasteiger partial charge on any atom is -0.508 e. The first-order valence-corrected chi connectivity index (χ1v) is 22.7. The maximum Gasteiger partial charge on any atom is 0.397 e. The molecule has 2 aliphatic heterocycles. The number of hydrogen-bond donors (Lipinski definition) is 8. The van der Waals surface area contributed by atoms with E-state index in [0.717, 1.165) is 9.80 Å². The molecule has 2 bridgehead atoms. The molecule has 0 aromatic heterocycles. The highest BCUT2D eigenvalue weighted by Gasteiger charge is 2.46. The van der Waals surface area contributed by atoms with Gasteiger partial charge in [-0.25, -0.2) is 8.98 Å². The van der Waals surface area contributed by atoms with Crippen LogP contribution in [0.5, 0.6) is 5.75 Å². The number of carbonyl (C=O) groups is 7. The van der Waals surface area contributed by atoms with Crippen LogP contribution >= 0.6 is 0 Å². The smallest absolute Gasteiger partial charge is 0.397 e. The molecular weight excluding hydrogens is 873 g/mol. The third-order valence-corrected chi connectivity index (χ3v) is 11.8. The topological polar surface area (TPSA) is 308 Å². The summed E-state index contributed by atoms with van der Waals surface area (Å²) in [5.74, 6) is -7.94. The van der Waals surface area contributed by atoms with Gasteiger partial charge in [0.05, 0.1) is 0 Å². The number of aliphatic hydroxyl groups is 2. The van der Waals surface area contributed by atoms with E-state index in [9.17, 15) is 57.3 Å². The first-order valence-electron chi connectivity index (χ1n) is 21.3. The van der Waals surface area contributed by atoms with E-state index in [4.69, 9.17) is 9.29 Å². The molecule has 10 unspecified atom stereocenters. The summed E-state index contributed by atoms with van der Waals surface area (Å²) in [7, 11) is -3.77. The Morgan fingerprint density at radius 1 is 0.877 bits per heavy atom. The zero-order chi connectivity index (χ0) is 48.3. The molecule has 10 atom stereocenters. The summed E-state index contributed by atoms with van der Waals surface area (Å²) in [5, 5.41) is 41.9. The van der Waals surface area contributed by atoms with Crippen molar-refractivity contribution in [3.63, 3.8) is 0 Å². The number of nitrogens with one attached hydrogen (secondary N) is 4. The number of hydrogen-bond acceptors (Lipinski definition) is 14. The van der Waals surface area contributed by atoms with Gasteiger partial charge in [0, 0.05) is 19.9 Å². The monoisotopic (exact) mass is 932 g/mol. The van der Waals surface area contributed by atoms with Gasteiger partial charge < -0.3 is 51.1 Å². The molecule has 2 aromatic carbocycles. The highest BCUT2D eigenvalue weighted by atomic mass is 32.3. The van der Waals surface area contributed by atoms with Crippen LogP contribution in [0.4, 0.5) is 0 Å². The number of likely N-dealkylation sites (N-methyl/N-ethyl adjacent to an activating group) is 1. The van der Waals surface area contributed by atoms with Crippen molar-refractivity contribution < 1.29 is 70.8 Å². The number of aliphatic hydroxyl groups excluding tert-OH is 2. The Hall–Kier alpha value is -5.68. The molecule has 0 radical (unpaired) electrons. The fraction of sp³-hybridized carbons (Fsp3) is 0.558. The molecule has 21 nitrogen and oxygen atoms in total. The molecule has 65 heavy (non-hydrogen) atoms. The molecule has 2 aromatic rings. The molecule has 6 amide bonds. The third-order valence-electron chi connectivity index (χ3n) is 11.4. The molecule has 2 fully saturated rings. The van der Waals surface area contributed by atoms with E-state index in [-0.39, 0.29) is 50.2 Å². The van der Waals surface area contributed by atoms with Crippen LogP contribution in [-0.2, 0) is 65.7 Å². The lowest BCUT2D eigenvalue weighted by molar-refractivity contribution is -0.165. The van der Waals surface area contributed by atoms with E-state index < -0.39 is 119 Å². The van der Waals surface area contributed by atoms with Gasteiger partial charge in [0.1, 0.15) is 60.9 Å². The van der Waals surface area contributed by atoms with Crippen molar-refractivity contribution >= 4 is 51.8 Å². The van der Waals surface area contributed by atoms with Crippen LogP contribution in [0.2, 0.25) is 0 Å². The fourth-order valence-electron chi connectivity index (χ4n) is 7.54. The summed E-state index contributed by atoms with van der Waals surface area (Å²) < 4.78 is 41.1. The van der Waals surface area contributed by atoms with Crippen molar-refractivity contribution in [2.24, 2.45) is 11.8 Å². The van der Waals surface area contributed by atoms with Crippen LogP contribution in [-0.4, -0.2) is 148 Å². The summed E-state index contributed by atoms with van der Waals surface area (Å²) in [4.78, 5) is 102. The second-order valence-corrected chi connectivity index (χ2v) is 17.9. The lowest BCUT2D eigenvalue weighted by atomic mass is 9.94. The number of aromatic hydroxyl groups is 1. The van der Waals surface area contributed by atoms with Gasteiger partial charge in [-0.05, 0) is 61.3 Å². The van der Waals surface area contributed by atoms with E-state index in [1.54, 1.807) is 58.0 Å². The normalized spacial score (nSPS) is 26.4. The lowest BCUT2D eigenvalue weighted by Crippen LogP contribution is -2.65. The largest absolute Gasteiger partial charge is 0.508 e. The predicted octanol–water partition coefficient (Wildman–Crippen LogP) is -0.529. The maximum atomic E-state index is 15.0. The first kappa shape index (κ1) is 51.9. The predicted molar refractivity (Wildman–Crippen MR) is 230 cm³/mol. The van der Waals surface area contributed by atoms with E-state index >= 15 is 0 Å². The number of esters is 1. The Morgan fingerprint density at radius 2 is 1.49 bits per heavy atom. The Morgan fingerprint density at radius 3 is 2.09 bits per heavy atom. The molecule has 0 aliphatic carbocycles. The Balaban J connectivity index is 1.88. The van der Waals surface area contributed by atoms with Gasteiger partial charge in [-0.1, -0.05) is 76.6 Å². The highest BCUT2D eigenvalue weighted by molar-refractivity contribution is 7.80. The number of phenolic OH excluding ortho intramolecular Hbond substituents is 1. The summed E-state index contributed by atoms with van der Waals surface area (Å²) in [6.45, 7) is 6.75. The van der Waals surface area contributed by atoms with Crippen LogP contribution < -0.4 is 21.3 Å². The van der Waals surface area contributed by atoms with Crippen molar-refractivity contribution in [1.82, 2.24) is 31.1 Å². The zero-order valence-corrected chi connectivity index (χ0v) is 37.9. The number of benzene rings is 2. The molecule has 358 valence electrons. The molecule has 8 N–H and O–H groups in total. The molecule has 0 spiro atoms. The highest BCUT2D eigenvalue weighted by Crippen LogP contribution is 2.26. The quantitative estimate of drug-likeness (QED) is 0.0925. The molecule has 0 saturated carbocycles. The SMILES string of the molecule is CCC(C)C1NC(=O)C(Cc2ccc(O)cc2)N(C)C(=O)C(Cc2ccccc2)N2C(=O)C(CCC2O)NC(=O)C(CC(C)C)NC(=O)C(NC(=O)C(O)COS(=O)(=O)O)C(C)OC1=O. The lowest BCUT2D eigenvalue weighted by Gasteiger charge is -2.43. The third kappa shape index (κ3) is 14.4. The Kier molecular flexibility index (Phi) is 18.4. The van der Waals surface area contributed by atoms with Gasteiger partial charge in [-0.2, -0.15) is 8.42 Å². The maximum absolute atomic E-state index is 15.0. The van der Waals surface area contributed by atoms with Gasteiger partial charge in [0.2, 0.25) is 29.5 Å². The molecule has 2 aliphatic rings. The van der Waals surface area contributed by atoms with Crippen LogP contribution in [0.1, 0.15) is 71.4 Å². The van der Waals surface area contributed by atoms with Gasteiger partial charge in [0.25, 0.3) is 5.91 Å². The number of cyclic esters (lactones) is 1. The second kappa shape index (κ2) is 23.0. The van der Waals surface area contributed by atoms with E-state index in [0.29, 0.717) is 11.1 Å². The van der Waals surface area contributed by atoms with Gasteiger partial charge >= 0.3 is 16.4 Å². The summed E-state index contributed by atoms with van der Waals surface area (Å²) >= 11 is 0. The number of amides is 6. The Labute approximate surface area is 377 Å². The standard InChI is InChI=1S/C43H60N6O15S/c1-7-24(4)35-43(59)64-25(5)36(47-39(55)33(51)22-63-65(60,61)62)40(56)45-30(19-23(2)3)37(53)44-29-17-18-34(52)49(41(29)57)32(21-26-11-9-8-10-12-26)42(58)48(6)31(38(54)46-35)20-27-13-15-28(50)16-14-27/h8-16,23-25,29-36,50-52H,7,17-22H2,1-6H3,(H,44,53)(H,45,56)(H,46,54)(H,47,55)(H,60,61,62). The van der Waals surface area contributed by atoms with Crippen molar-refractivity contribution in [2.75, 3.05) is 13.7 Å². The Bertz CT molecular complexity index is 2130. The molecule has 4 rings (SSSR count). The van der Waals surface area contributed by atoms with Gasteiger partial charge in [0.15, 0.2) is 6.10 Å². The first-order chi connectivity index (χ1) is 30.5. The van der Waals surface area contributed by atoms with E-state index in [1.165, 1.54) is 38.2 Å². The van der Waals surface area contributed by atoms with Gasteiger partial charge in [-0.15, -0.1) is 0 Å². The van der Waals surface area contributed by atoms with E-state index in [2.05, 4.69) is 25.5 Å². The number of fused-ring (bicyclic) bond motifs is 2. The number of piperidine rings is 1. The summed E-state index contributed by atoms with van der Waals surface area (Å²) in [6, 6.07) is 5.52. The van der Waals surface area contributed by atoms with Crippen molar-refractivity contribution in [3.05, 3.63) is 65.7 Å². The summed E-state index contributed by atoms with van der Waals surface area (Å²) in [5.41, 5.74) is 1.08. The minimum absolute atomic E-state index is 0.0328. The van der Waals surface area contributed by atoms with Crippen LogP contribution in [0, 0.1) is 11.8 Å². The number of carbonyl (C=O) groups excluding carboxylic acids is 7. The summed E-state index contributed by atoms with van der Waals surface area (Å²) in [6.07, 6.45) is -5.65. The number of ether oxygens (including phenoxy) is 1. The van der Waals surface area contributed by atoms with Crippen LogP contribution in [0.3, 0.4) is 0 Å². The fourth-order valence-corrected chi connectivity index (χ4v) is 7.84. The van der Waals surface area contributed by atoms with Crippen molar-refractivity contribution in [3.8, 4) is 5.75 Å². The van der Waals surface area contributed by atoms with Crippen LogP contribution in [0.25, 0.3) is 0 Å². The van der Waals surface area contributed by atoms with Gasteiger partial charge in [-0.3, -0.25) is 33.3 Å². The molecular formula is C43H60N6O15S. The average molecular weight is 933 g/mol. The molecule has 2 heterocycles. The molecule has 22 heteroatoms. The average Bonchev–Trinajstić information content (AvgIpc) is 3.25. The minimum atomic E-state index is -5.11. The zero-order valence-electron chi connectivity index (χ0n) is 37.1. The van der Waals surface area contributed by atoms with E-state index in [1.807, 2.05) is 0 Å². The van der Waals surface area contributed by atoms with Crippen molar-refractivity contribution in [1.29, 1.82) is 0 Å². The van der Waals surface area contributed by atoms with Crippen molar-refractivity contribution in [2.45, 2.75) is 128 Å². The van der Waals surface area contributed by atoms with Crippen LogP contribution in [0.15, 0.2) is 54.6 Å². The number of rotatable bonds is 13. The number of phenols is 1.